The lowest BCUT2D eigenvalue weighted by Gasteiger charge is -2.35. The van der Waals surface area contributed by atoms with Gasteiger partial charge in [0.25, 0.3) is 0 Å². The first-order chi connectivity index (χ1) is 11.4. The number of nitrogens with zero attached hydrogens (tertiary/aromatic N) is 1. The minimum Gasteiger partial charge on any atom is -0.480 e. The average molecular weight is 355 g/mol. The van der Waals surface area contributed by atoms with E-state index in [1.165, 1.54) is 4.90 Å². The largest absolute Gasteiger partial charge is 0.480 e. The summed E-state index contributed by atoms with van der Waals surface area (Å²) in [7, 11) is 0. The van der Waals surface area contributed by atoms with Crippen molar-refractivity contribution in [2.75, 3.05) is 13.1 Å². The molecule has 3 atom stereocenters. The van der Waals surface area contributed by atoms with Gasteiger partial charge in [-0.05, 0) is 37.6 Å². The highest BCUT2D eigenvalue weighted by molar-refractivity contribution is 5.92. The van der Waals surface area contributed by atoms with Crippen LogP contribution in [0.15, 0.2) is 0 Å². The quantitative estimate of drug-likeness (QED) is 0.638. The van der Waals surface area contributed by atoms with Crippen LogP contribution in [0, 0.1) is 11.3 Å². The summed E-state index contributed by atoms with van der Waals surface area (Å²) in [4.78, 5) is 38.2. The van der Waals surface area contributed by atoms with Gasteiger partial charge >= 0.3 is 5.97 Å². The maximum atomic E-state index is 13.0. The first-order valence-corrected chi connectivity index (χ1v) is 9.02. The van der Waals surface area contributed by atoms with Crippen LogP contribution in [0.4, 0.5) is 0 Å². The first-order valence-electron chi connectivity index (χ1n) is 9.02. The van der Waals surface area contributed by atoms with Crippen LogP contribution >= 0.6 is 0 Å². The molecular weight excluding hydrogens is 322 g/mol. The molecule has 1 aliphatic heterocycles. The molecule has 0 aliphatic carbocycles. The maximum Gasteiger partial charge on any atom is 0.326 e. The summed E-state index contributed by atoms with van der Waals surface area (Å²) in [5.41, 5.74) is -0.518. The van der Waals surface area contributed by atoms with Crippen molar-refractivity contribution in [1.82, 2.24) is 15.5 Å². The minimum atomic E-state index is -0.989. The van der Waals surface area contributed by atoms with Gasteiger partial charge in [-0.25, -0.2) is 4.79 Å². The van der Waals surface area contributed by atoms with Crippen molar-refractivity contribution in [1.29, 1.82) is 0 Å². The van der Waals surface area contributed by atoms with Crippen LogP contribution < -0.4 is 10.6 Å². The lowest BCUT2D eigenvalue weighted by molar-refractivity contribution is -0.150. The van der Waals surface area contributed by atoms with Crippen LogP contribution in [-0.2, 0) is 14.4 Å². The second-order valence-electron chi connectivity index (χ2n) is 8.36. The van der Waals surface area contributed by atoms with Crippen molar-refractivity contribution in [3.8, 4) is 0 Å². The fourth-order valence-electron chi connectivity index (χ4n) is 2.87. The van der Waals surface area contributed by atoms with E-state index in [4.69, 9.17) is 0 Å². The number of carbonyl (C=O) groups is 3. The molecule has 0 spiro atoms. The third-order valence-electron chi connectivity index (χ3n) is 4.45. The Hall–Kier alpha value is -1.63. The monoisotopic (exact) mass is 355 g/mol. The Labute approximate surface area is 150 Å². The number of carboxylic acid groups (broad SMARTS) is 1. The molecule has 2 amide bonds. The van der Waals surface area contributed by atoms with E-state index in [0.29, 0.717) is 31.8 Å². The van der Waals surface area contributed by atoms with Crippen LogP contribution in [0.25, 0.3) is 0 Å². The second kappa shape index (κ2) is 8.65. The van der Waals surface area contributed by atoms with Crippen molar-refractivity contribution in [3.63, 3.8) is 0 Å². The van der Waals surface area contributed by atoms with E-state index in [0.717, 1.165) is 0 Å². The second-order valence-corrected chi connectivity index (χ2v) is 8.36. The Kier molecular flexibility index (Phi) is 7.41. The van der Waals surface area contributed by atoms with E-state index < -0.39 is 29.5 Å². The molecule has 1 rings (SSSR count). The number of amides is 2. The highest BCUT2D eigenvalue weighted by Crippen LogP contribution is 2.25. The summed E-state index contributed by atoms with van der Waals surface area (Å²) < 4.78 is 0. The molecule has 1 fully saturated rings. The number of rotatable bonds is 7. The van der Waals surface area contributed by atoms with Gasteiger partial charge in [-0.15, -0.1) is 0 Å². The lowest BCUT2D eigenvalue weighted by Crippen LogP contribution is -2.59. The van der Waals surface area contributed by atoms with Crippen LogP contribution in [0.3, 0.4) is 0 Å². The van der Waals surface area contributed by atoms with E-state index in [2.05, 4.69) is 24.5 Å². The third kappa shape index (κ3) is 5.99. The molecule has 0 aromatic carbocycles. The highest BCUT2D eigenvalue weighted by atomic mass is 16.4. The van der Waals surface area contributed by atoms with Crippen molar-refractivity contribution in [3.05, 3.63) is 0 Å². The molecule has 1 saturated heterocycles. The van der Waals surface area contributed by atoms with E-state index in [1.54, 1.807) is 6.92 Å². The van der Waals surface area contributed by atoms with Gasteiger partial charge in [0.2, 0.25) is 11.8 Å². The molecule has 0 aromatic heterocycles. The van der Waals surface area contributed by atoms with Gasteiger partial charge in [0.05, 0.1) is 6.04 Å². The summed E-state index contributed by atoms with van der Waals surface area (Å²) in [6.45, 7) is 12.6. The molecule has 3 unspecified atom stereocenters. The number of aliphatic carboxylic acids is 1. The van der Waals surface area contributed by atoms with E-state index >= 15 is 0 Å². The molecule has 7 nitrogen and oxygen atoms in total. The lowest BCUT2D eigenvalue weighted by atomic mass is 9.85. The fourth-order valence-corrected chi connectivity index (χ4v) is 2.87. The summed E-state index contributed by atoms with van der Waals surface area (Å²) in [6.07, 6.45) is 1.12. The number of likely N-dealkylation sites (tertiary alicyclic amines) is 1. The number of hydrogen-bond acceptors (Lipinski definition) is 4. The number of carboxylic acids is 1. The zero-order valence-electron chi connectivity index (χ0n) is 16.3. The standard InChI is InChI=1S/C18H33N3O4/c1-11(2)10-19-12(3)15(22)20-14(18(4,5)6)16(23)21-9-7-8-13(21)17(24)25/h11-14,19H,7-10H2,1-6H3,(H,20,22)(H,24,25). The molecule has 0 aromatic rings. The number of nitrogens with one attached hydrogen (secondary N) is 2. The molecule has 7 heteroatoms. The van der Waals surface area contributed by atoms with Crippen molar-refractivity contribution >= 4 is 17.8 Å². The Balaban J connectivity index is 2.86. The molecular formula is C18H33N3O4. The van der Waals surface area contributed by atoms with Crippen LogP contribution in [-0.4, -0.2) is 59.0 Å². The molecule has 144 valence electrons. The summed E-state index contributed by atoms with van der Waals surface area (Å²) in [5.74, 6) is -1.14. The normalized spacial score (nSPS) is 20.4. The zero-order chi connectivity index (χ0) is 19.4. The summed E-state index contributed by atoms with van der Waals surface area (Å²) in [5, 5.41) is 15.3. The minimum absolute atomic E-state index is 0.250. The van der Waals surface area contributed by atoms with Gasteiger partial charge in [-0.3, -0.25) is 9.59 Å². The SMILES string of the molecule is CC(C)CNC(C)C(=O)NC(C(=O)N1CCCC1C(=O)O)C(C)(C)C. The van der Waals surface area contributed by atoms with E-state index in [9.17, 15) is 19.5 Å². The molecule has 0 radical (unpaired) electrons. The van der Waals surface area contributed by atoms with Crippen molar-refractivity contribution in [2.24, 2.45) is 11.3 Å². The molecule has 1 aliphatic rings. The summed E-state index contributed by atoms with van der Waals surface area (Å²) >= 11 is 0. The Morgan fingerprint density at radius 1 is 1.20 bits per heavy atom. The topological polar surface area (TPSA) is 98.7 Å². The number of carbonyl (C=O) groups excluding carboxylic acids is 2. The predicted molar refractivity (Wildman–Crippen MR) is 96.1 cm³/mol. The molecule has 0 bridgehead atoms. The van der Waals surface area contributed by atoms with Gasteiger partial charge in [0, 0.05) is 6.54 Å². The number of hydrogen-bond donors (Lipinski definition) is 3. The van der Waals surface area contributed by atoms with Crippen LogP contribution in [0.1, 0.15) is 54.4 Å². The smallest absolute Gasteiger partial charge is 0.326 e. The van der Waals surface area contributed by atoms with E-state index in [1.807, 2.05) is 20.8 Å². The molecule has 25 heavy (non-hydrogen) atoms. The molecule has 0 saturated carbocycles. The predicted octanol–water partition coefficient (Wildman–Crippen LogP) is 1.23. The Morgan fingerprint density at radius 3 is 2.28 bits per heavy atom. The third-order valence-corrected chi connectivity index (χ3v) is 4.45. The van der Waals surface area contributed by atoms with Gasteiger partial charge in [-0.2, -0.15) is 0 Å². The van der Waals surface area contributed by atoms with Gasteiger partial charge < -0.3 is 20.6 Å². The molecule has 1 heterocycles. The summed E-state index contributed by atoms with van der Waals surface area (Å²) in [6, 6.07) is -1.98. The van der Waals surface area contributed by atoms with Crippen molar-refractivity contribution in [2.45, 2.75) is 72.5 Å². The fraction of sp³-hybridized carbons (Fsp3) is 0.833. The first kappa shape index (κ1) is 21.4. The van der Waals surface area contributed by atoms with Crippen LogP contribution in [0.2, 0.25) is 0 Å². The van der Waals surface area contributed by atoms with Crippen molar-refractivity contribution < 1.29 is 19.5 Å². The average Bonchev–Trinajstić information content (AvgIpc) is 2.97. The van der Waals surface area contributed by atoms with Gasteiger partial charge in [0.15, 0.2) is 0 Å². The highest BCUT2D eigenvalue weighted by Gasteiger charge is 2.42. The Morgan fingerprint density at radius 2 is 1.80 bits per heavy atom. The van der Waals surface area contributed by atoms with Gasteiger partial charge in [-0.1, -0.05) is 34.6 Å². The molecule has 3 N–H and O–H groups in total. The van der Waals surface area contributed by atoms with Crippen LogP contribution in [0.5, 0.6) is 0 Å². The Bertz CT molecular complexity index is 499. The van der Waals surface area contributed by atoms with E-state index in [-0.39, 0.29) is 11.8 Å². The zero-order valence-corrected chi connectivity index (χ0v) is 16.3. The van der Waals surface area contributed by atoms with Gasteiger partial charge in [0.1, 0.15) is 12.1 Å². The maximum absolute atomic E-state index is 13.0.